The largest absolute Gasteiger partial charge is 0.481 e. The van der Waals surface area contributed by atoms with Gasteiger partial charge in [-0.05, 0) is 23.8 Å². The van der Waals surface area contributed by atoms with Gasteiger partial charge in [-0.1, -0.05) is 36.4 Å². The second-order valence-electron chi connectivity index (χ2n) is 4.74. The number of fused-ring (bicyclic) bond motifs is 1. The molecule has 1 atom stereocenters. The van der Waals surface area contributed by atoms with E-state index >= 15 is 0 Å². The van der Waals surface area contributed by atoms with Crippen LogP contribution in [0, 0.1) is 0 Å². The van der Waals surface area contributed by atoms with Crippen LogP contribution in [0.4, 0.5) is 10.5 Å². The fourth-order valence-corrected chi connectivity index (χ4v) is 2.44. The Morgan fingerprint density at radius 2 is 1.71 bits per heavy atom. The second-order valence-corrected chi connectivity index (χ2v) is 4.74. The van der Waals surface area contributed by atoms with Gasteiger partial charge in [-0.15, -0.1) is 0 Å². The number of benzene rings is 2. The molecule has 0 radical (unpaired) electrons. The number of hydrogen-bond donors (Lipinski definition) is 1. The Hall–Kier alpha value is -2.82. The molecule has 1 amide bonds. The number of amides is 1. The summed E-state index contributed by atoms with van der Waals surface area (Å²) in [6.45, 7) is 0.0837. The molecule has 21 heavy (non-hydrogen) atoms. The van der Waals surface area contributed by atoms with E-state index in [0.717, 1.165) is 0 Å². The van der Waals surface area contributed by atoms with Crippen LogP contribution in [0.15, 0.2) is 54.6 Å². The number of carboxylic acid groups (broad SMARTS) is 1. The third kappa shape index (κ3) is 2.45. The molecule has 0 spiro atoms. The van der Waals surface area contributed by atoms with Crippen molar-refractivity contribution in [1.29, 1.82) is 0 Å². The maximum absolute atomic E-state index is 12.3. The number of carbonyl (C=O) groups excluding carboxylic acids is 1. The lowest BCUT2D eigenvalue weighted by molar-refractivity contribution is -0.138. The van der Waals surface area contributed by atoms with Gasteiger partial charge in [0.1, 0.15) is 11.7 Å². The van der Waals surface area contributed by atoms with Gasteiger partial charge in [0.05, 0.1) is 5.69 Å². The molecule has 1 heterocycles. The number of carboxylic acids is 1. The molecule has 5 nitrogen and oxygen atoms in total. The maximum Gasteiger partial charge on any atom is 0.419 e. The molecule has 0 aliphatic carbocycles. The molecule has 1 aliphatic heterocycles. The normalized spacial score (nSPS) is 16.4. The van der Waals surface area contributed by atoms with Gasteiger partial charge in [-0.2, -0.15) is 0 Å². The predicted molar refractivity (Wildman–Crippen MR) is 76.6 cm³/mol. The molecule has 1 aliphatic rings. The smallest absolute Gasteiger partial charge is 0.419 e. The van der Waals surface area contributed by atoms with E-state index in [1.807, 2.05) is 6.07 Å². The lowest BCUT2D eigenvalue weighted by Crippen LogP contribution is -2.33. The van der Waals surface area contributed by atoms with Gasteiger partial charge < -0.3 is 9.84 Å². The fourth-order valence-electron chi connectivity index (χ4n) is 2.44. The van der Waals surface area contributed by atoms with Crippen molar-refractivity contribution in [3.05, 3.63) is 60.2 Å². The summed E-state index contributed by atoms with van der Waals surface area (Å²) in [4.78, 5) is 24.9. The number of hydrogen-bond acceptors (Lipinski definition) is 3. The summed E-state index contributed by atoms with van der Waals surface area (Å²) in [6, 6.07) is 15.7. The first-order valence-corrected chi connectivity index (χ1v) is 6.53. The summed E-state index contributed by atoms with van der Waals surface area (Å²) in [5.74, 6) is -1.24. The Morgan fingerprint density at radius 3 is 2.43 bits per heavy atom. The highest BCUT2D eigenvalue weighted by atomic mass is 16.6. The summed E-state index contributed by atoms with van der Waals surface area (Å²) in [7, 11) is 0. The van der Waals surface area contributed by atoms with Crippen LogP contribution in [-0.4, -0.2) is 23.7 Å². The van der Waals surface area contributed by atoms with Gasteiger partial charge >= 0.3 is 12.1 Å². The van der Waals surface area contributed by atoms with E-state index in [9.17, 15) is 14.7 Å². The van der Waals surface area contributed by atoms with Crippen molar-refractivity contribution in [3.8, 4) is 5.75 Å². The number of para-hydroxylation sites is 2. The SMILES string of the molecule is O=C(O)C1CN(C(=O)Oc2ccccc2)c2ccccc21. The van der Waals surface area contributed by atoms with E-state index in [0.29, 0.717) is 17.0 Å². The molecule has 1 N–H and O–H groups in total. The zero-order valence-corrected chi connectivity index (χ0v) is 11.1. The van der Waals surface area contributed by atoms with Crippen LogP contribution < -0.4 is 9.64 Å². The van der Waals surface area contributed by atoms with Crippen LogP contribution >= 0.6 is 0 Å². The lowest BCUT2D eigenvalue weighted by Gasteiger charge is -2.16. The van der Waals surface area contributed by atoms with Crippen molar-refractivity contribution in [2.75, 3.05) is 11.4 Å². The van der Waals surface area contributed by atoms with Crippen LogP contribution in [0.3, 0.4) is 0 Å². The van der Waals surface area contributed by atoms with E-state index in [2.05, 4.69) is 0 Å². The Labute approximate surface area is 121 Å². The van der Waals surface area contributed by atoms with E-state index in [-0.39, 0.29) is 6.54 Å². The van der Waals surface area contributed by atoms with Crippen molar-refractivity contribution < 1.29 is 19.4 Å². The first kappa shape index (κ1) is 13.2. The third-order valence-electron chi connectivity index (χ3n) is 3.43. The molecule has 0 aromatic heterocycles. The Kier molecular flexibility index (Phi) is 3.31. The monoisotopic (exact) mass is 283 g/mol. The molecule has 0 bridgehead atoms. The highest BCUT2D eigenvalue weighted by Crippen LogP contribution is 2.36. The summed E-state index contributed by atoms with van der Waals surface area (Å²) >= 11 is 0. The number of anilines is 1. The summed E-state index contributed by atoms with van der Waals surface area (Å²) in [5.41, 5.74) is 1.22. The van der Waals surface area contributed by atoms with Crippen molar-refractivity contribution in [1.82, 2.24) is 0 Å². The molecule has 0 fully saturated rings. The van der Waals surface area contributed by atoms with E-state index in [1.165, 1.54) is 4.90 Å². The number of rotatable bonds is 2. The quantitative estimate of drug-likeness (QED) is 0.920. The summed E-state index contributed by atoms with van der Waals surface area (Å²) in [6.07, 6.45) is -0.572. The molecular weight excluding hydrogens is 270 g/mol. The molecule has 0 saturated heterocycles. The molecule has 2 aromatic carbocycles. The van der Waals surface area contributed by atoms with E-state index in [1.54, 1.807) is 48.5 Å². The van der Waals surface area contributed by atoms with E-state index in [4.69, 9.17) is 4.74 Å². The summed E-state index contributed by atoms with van der Waals surface area (Å²) < 4.78 is 5.28. The van der Waals surface area contributed by atoms with Crippen LogP contribution in [0.5, 0.6) is 5.75 Å². The van der Waals surface area contributed by atoms with Crippen LogP contribution in [0.1, 0.15) is 11.5 Å². The van der Waals surface area contributed by atoms with Gasteiger partial charge in [0.2, 0.25) is 0 Å². The van der Waals surface area contributed by atoms with Crippen molar-refractivity contribution in [2.24, 2.45) is 0 Å². The van der Waals surface area contributed by atoms with Crippen LogP contribution in [0.2, 0.25) is 0 Å². The number of aliphatic carboxylic acids is 1. The maximum atomic E-state index is 12.3. The molecule has 3 rings (SSSR count). The zero-order chi connectivity index (χ0) is 14.8. The Bertz CT molecular complexity index is 684. The fraction of sp³-hybridized carbons (Fsp3) is 0.125. The van der Waals surface area contributed by atoms with Crippen molar-refractivity contribution in [3.63, 3.8) is 0 Å². The van der Waals surface area contributed by atoms with E-state index < -0.39 is 18.0 Å². The van der Waals surface area contributed by atoms with Gasteiger partial charge in [0.25, 0.3) is 0 Å². The Balaban J connectivity index is 1.86. The number of nitrogens with zero attached hydrogens (tertiary/aromatic N) is 1. The standard InChI is InChI=1S/C16H13NO4/c18-15(19)13-10-17(14-9-5-4-8-12(13)14)16(20)21-11-6-2-1-3-7-11/h1-9,13H,10H2,(H,18,19). The van der Waals surface area contributed by atoms with Gasteiger partial charge in [0.15, 0.2) is 0 Å². The number of ether oxygens (including phenoxy) is 1. The average molecular weight is 283 g/mol. The predicted octanol–water partition coefficient (Wildman–Crippen LogP) is 2.87. The highest BCUT2D eigenvalue weighted by Gasteiger charge is 2.37. The first-order chi connectivity index (χ1) is 10.2. The minimum absolute atomic E-state index is 0.0837. The summed E-state index contributed by atoms with van der Waals surface area (Å²) in [5, 5.41) is 9.27. The molecule has 2 aromatic rings. The zero-order valence-electron chi connectivity index (χ0n) is 11.1. The molecule has 0 saturated carbocycles. The second kappa shape index (κ2) is 5.28. The molecular formula is C16H13NO4. The first-order valence-electron chi connectivity index (χ1n) is 6.53. The molecule has 1 unspecified atom stereocenters. The van der Waals surface area contributed by atoms with Crippen LogP contribution in [-0.2, 0) is 4.79 Å². The topological polar surface area (TPSA) is 66.8 Å². The minimum atomic E-state index is -0.947. The molecule has 106 valence electrons. The molecule has 5 heteroatoms. The van der Waals surface area contributed by atoms with Gasteiger partial charge in [0, 0.05) is 6.54 Å². The minimum Gasteiger partial charge on any atom is -0.481 e. The lowest BCUT2D eigenvalue weighted by atomic mass is 10.0. The number of carbonyl (C=O) groups is 2. The van der Waals surface area contributed by atoms with Gasteiger partial charge in [-0.3, -0.25) is 9.69 Å². The van der Waals surface area contributed by atoms with Crippen molar-refractivity contribution >= 4 is 17.7 Å². The average Bonchev–Trinajstić information content (AvgIpc) is 2.88. The Morgan fingerprint density at radius 1 is 1.05 bits per heavy atom. The van der Waals surface area contributed by atoms with Crippen molar-refractivity contribution in [2.45, 2.75) is 5.92 Å². The van der Waals surface area contributed by atoms with Gasteiger partial charge in [-0.25, -0.2) is 4.79 Å². The van der Waals surface area contributed by atoms with Crippen LogP contribution in [0.25, 0.3) is 0 Å². The third-order valence-corrected chi connectivity index (χ3v) is 3.43. The highest BCUT2D eigenvalue weighted by molar-refractivity contribution is 5.96.